The molecule has 1 rings (SSSR count). The molecule has 0 amide bonds. The van der Waals surface area contributed by atoms with Crippen molar-refractivity contribution in [2.45, 2.75) is 19.6 Å². The highest BCUT2D eigenvalue weighted by Crippen LogP contribution is 2.11. The van der Waals surface area contributed by atoms with Gasteiger partial charge in [-0.25, -0.2) is 9.37 Å². The molecule has 0 saturated carbocycles. The Morgan fingerprint density at radius 3 is 2.33 bits per heavy atom. The molecule has 12 heavy (non-hydrogen) atoms. The van der Waals surface area contributed by atoms with Crippen LogP contribution in [0.3, 0.4) is 0 Å². The van der Waals surface area contributed by atoms with E-state index in [0.29, 0.717) is 10.3 Å². The van der Waals surface area contributed by atoms with E-state index in [2.05, 4.69) is 4.98 Å². The Kier molecular flexibility index (Phi) is 2.54. The molecule has 0 spiro atoms. The van der Waals surface area contributed by atoms with Crippen LogP contribution in [0.15, 0.2) is 12.3 Å². The van der Waals surface area contributed by atoms with Gasteiger partial charge in [0.05, 0.1) is 8.07 Å². The molecule has 0 atom stereocenters. The van der Waals surface area contributed by atoms with Crippen LogP contribution in [0, 0.1) is 5.82 Å². The van der Waals surface area contributed by atoms with E-state index in [1.807, 2.05) is 19.6 Å². The second-order valence-electron chi connectivity index (χ2n) is 3.71. The number of halogens is 2. The van der Waals surface area contributed by atoms with Crippen LogP contribution in [0.4, 0.5) is 4.39 Å². The maximum atomic E-state index is 13.3. The van der Waals surface area contributed by atoms with Crippen LogP contribution < -0.4 is 5.19 Å². The number of rotatable bonds is 1. The minimum atomic E-state index is -1.69. The van der Waals surface area contributed by atoms with Gasteiger partial charge in [0.2, 0.25) is 0 Å². The summed E-state index contributed by atoms with van der Waals surface area (Å²) in [5.41, 5.74) is 0. The summed E-state index contributed by atoms with van der Waals surface area (Å²) in [6.45, 7) is 6.12. The lowest BCUT2D eigenvalue weighted by molar-refractivity contribution is 0.633. The summed E-state index contributed by atoms with van der Waals surface area (Å²) >= 11 is 5.80. The molecule has 0 aliphatic carbocycles. The van der Waals surface area contributed by atoms with Crippen LogP contribution in [0.5, 0.6) is 0 Å². The van der Waals surface area contributed by atoms with Crippen molar-refractivity contribution in [2.75, 3.05) is 0 Å². The maximum Gasteiger partial charge on any atom is 0.131 e. The number of pyridine rings is 1. The molecular weight excluding hydrogens is 193 g/mol. The fourth-order valence-corrected chi connectivity index (χ4v) is 3.56. The normalized spacial score (nSPS) is 11.8. The van der Waals surface area contributed by atoms with Crippen molar-refractivity contribution in [3.8, 4) is 0 Å². The molecule has 0 radical (unpaired) electrons. The second-order valence-corrected chi connectivity index (χ2v) is 9.07. The van der Waals surface area contributed by atoms with Gasteiger partial charge in [0, 0.05) is 11.4 Å². The summed E-state index contributed by atoms with van der Waals surface area (Å²) in [5, 5.41) is 0.931. The first-order valence-electron chi connectivity index (χ1n) is 3.73. The van der Waals surface area contributed by atoms with E-state index in [4.69, 9.17) is 11.6 Å². The van der Waals surface area contributed by atoms with Crippen LogP contribution >= 0.6 is 11.6 Å². The van der Waals surface area contributed by atoms with Gasteiger partial charge in [-0.15, -0.1) is 0 Å². The van der Waals surface area contributed by atoms with Crippen LogP contribution in [-0.2, 0) is 0 Å². The monoisotopic (exact) mass is 203 g/mol. The van der Waals surface area contributed by atoms with Crippen molar-refractivity contribution < 1.29 is 4.39 Å². The molecule has 66 valence electrons. The zero-order valence-electron chi connectivity index (χ0n) is 7.36. The molecule has 1 aromatic heterocycles. The number of hydrogen-bond acceptors (Lipinski definition) is 1. The first-order valence-corrected chi connectivity index (χ1v) is 7.61. The molecule has 0 aliphatic heterocycles. The van der Waals surface area contributed by atoms with E-state index in [1.165, 1.54) is 12.3 Å². The molecule has 0 fully saturated rings. The highest BCUT2D eigenvalue weighted by atomic mass is 35.5. The molecule has 0 N–H and O–H groups in total. The van der Waals surface area contributed by atoms with E-state index in [-0.39, 0.29) is 5.82 Å². The zero-order valence-corrected chi connectivity index (χ0v) is 9.11. The Hall–Kier alpha value is -0.413. The molecule has 0 aliphatic rings. The van der Waals surface area contributed by atoms with Gasteiger partial charge < -0.3 is 0 Å². The third-order valence-corrected chi connectivity index (χ3v) is 4.02. The summed E-state index contributed by atoms with van der Waals surface area (Å²) in [6.07, 6.45) is 1.39. The molecule has 1 heterocycles. The van der Waals surface area contributed by atoms with Gasteiger partial charge in [0.25, 0.3) is 0 Å². The summed E-state index contributed by atoms with van der Waals surface area (Å²) in [5.74, 6) is -0.228. The topological polar surface area (TPSA) is 12.9 Å². The Balaban J connectivity index is 3.31. The molecule has 1 aromatic rings. The molecule has 4 heteroatoms. The molecule has 0 aromatic carbocycles. The lowest BCUT2D eigenvalue weighted by Gasteiger charge is -2.17. The summed E-state index contributed by atoms with van der Waals surface area (Å²) in [6, 6.07) is 1.36. The fourth-order valence-electron chi connectivity index (χ4n) is 1.08. The predicted octanol–water partition coefficient (Wildman–Crippen LogP) is 2.42. The SMILES string of the molecule is C[Si](C)(C)c1c(F)ccnc1Cl. The Morgan fingerprint density at radius 2 is 2.00 bits per heavy atom. The molecule has 0 unspecified atom stereocenters. The lowest BCUT2D eigenvalue weighted by Crippen LogP contribution is -2.41. The Morgan fingerprint density at radius 1 is 1.42 bits per heavy atom. The fraction of sp³-hybridized carbons (Fsp3) is 0.375. The minimum Gasteiger partial charge on any atom is -0.244 e. The van der Waals surface area contributed by atoms with Crippen molar-refractivity contribution >= 4 is 24.9 Å². The van der Waals surface area contributed by atoms with Gasteiger partial charge in [-0.2, -0.15) is 0 Å². The van der Waals surface area contributed by atoms with Crippen molar-refractivity contribution in [1.29, 1.82) is 0 Å². The van der Waals surface area contributed by atoms with Gasteiger partial charge in [0.1, 0.15) is 11.0 Å². The van der Waals surface area contributed by atoms with Crippen LogP contribution in [0.25, 0.3) is 0 Å². The van der Waals surface area contributed by atoms with E-state index < -0.39 is 8.07 Å². The van der Waals surface area contributed by atoms with Crippen molar-refractivity contribution in [3.05, 3.63) is 23.2 Å². The lowest BCUT2D eigenvalue weighted by atomic mass is 10.5. The number of hydrogen-bond donors (Lipinski definition) is 0. The molecule has 0 saturated heterocycles. The second kappa shape index (κ2) is 3.15. The average molecular weight is 204 g/mol. The first-order chi connectivity index (χ1) is 5.43. The van der Waals surface area contributed by atoms with Gasteiger partial charge >= 0.3 is 0 Å². The van der Waals surface area contributed by atoms with E-state index in [1.54, 1.807) is 0 Å². The van der Waals surface area contributed by atoms with Crippen molar-refractivity contribution in [3.63, 3.8) is 0 Å². The molecular formula is C8H11ClFNSi. The van der Waals surface area contributed by atoms with Crippen LogP contribution in [-0.4, -0.2) is 13.1 Å². The van der Waals surface area contributed by atoms with E-state index in [9.17, 15) is 4.39 Å². The van der Waals surface area contributed by atoms with Gasteiger partial charge in [-0.3, -0.25) is 0 Å². The van der Waals surface area contributed by atoms with E-state index >= 15 is 0 Å². The number of aromatic nitrogens is 1. The molecule has 1 nitrogen and oxygen atoms in total. The first kappa shape index (κ1) is 9.67. The zero-order chi connectivity index (χ0) is 9.35. The molecule has 0 bridgehead atoms. The minimum absolute atomic E-state index is 0.228. The van der Waals surface area contributed by atoms with Crippen molar-refractivity contribution in [1.82, 2.24) is 4.98 Å². The smallest absolute Gasteiger partial charge is 0.131 e. The standard InChI is InChI=1S/C8H11ClFNSi/c1-12(2,3)7-6(10)4-5-11-8(7)9/h4-5H,1-3H3. The van der Waals surface area contributed by atoms with Crippen molar-refractivity contribution in [2.24, 2.45) is 0 Å². The predicted molar refractivity (Wildman–Crippen MR) is 52.2 cm³/mol. The van der Waals surface area contributed by atoms with Gasteiger partial charge in [-0.05, 0) is 6.07 Å². The summed E-state index contributed by atoms with van der Waals surface area (Å²) < 4.78 is 13.3. The van der Waals surface area contributed by atoms with Crippen LogP contribution in [0.2, 0.25) is 24.8 Å². The van der Waals surface area contributed by atoms with Gasteiger partial charge in [-0.1, -0.05) is 31.2 Å². The average Bonchev–Trinajstić information content (AvgIpc) is 1.82. The van der Waals surface area contributed by atoms with Crippen LogP contribution in [0.1, 0.15) is 0 Å². The number of nitrogens with zero attached hydrogens (tertiary/aromatic N) is 1. The third kappa shape index (κ3) is 1.84. The Labute approximate surface area is 77.6 Å². The third-order valence-electron chi connectivity index (χ3n) is 1.60. The van der Waals surface area contributed by atoms with E-state index in [0.717, 1.165) is 0 Å². The largest absolute Gasteiger partial charge is 0.244 e. The highest BCUT2D eigenvalue weighted by Gasteiger charge is 2.24. The highest BCUT2D eigenvalue weighted by molar-refractivity contribution is 6.90. The van der Waals surface area contributed by atoms with Gasteiger partial charge in [0.15, 0.2) is 0 Å². The quantitative estimate of drug-likeness (QED) is 0.505. The Bertz CT molecular complexity index is 275. The maximum absolute atomic E-state index is 13.3. The summed E-state index contributed by atoms with van der Waals surface area (Å²) in [4.78, 5) is 3.87. The summed E-state index contributed by atoms with van der Waals surface area (Å²) in [7, 11) is -1.69.